The fraction of sp³-hybridized carbons (Fsp3) is 0.318. The molecule has 156 valence electrons. The van der Waals surface area contributed by atoms with E-state index in [2.05, 4.69) is 0 Å². The Kier molecular flexibility index (Phi) is 8.12. The van der Waals surface area contributed by atoms with E-state index < -0.39 is 17.7 Å². The number of carbonyl (C=O) groups excluding carboxylic acids is 1. The second-order valence-electron chi connectivity index (χ2n) is 6.30. The first-order valence-electron chi connectivity index (χ1n) is 9.24. The van der Waals surface area contributed by atoms with Gasteiger partial charge in [0.1, 0.15) is 23.4 Å². The molecule has 0 radical (unpaired) electrons. The SMILES string of the molecule is CCCCOC(=O)/C=C/C(C)Oc1ccc(Oc2ccc(C(F)(F)F)cc2)cc1. The zero-order valence-corrected chi connectivity index (χ0v) is 16.2. The van der Waals surface area contributed by atoms with Crippen LogP contribution >= 0.6 is 0 Å². The summed E-state index contributed by atoms with van der Waals surface area (Å²) in [5.41, 5.74) is -0.732. The second-order valence-corrected chi connectivity index (χ2v) is 6.30. The Morgan fingerprint density at radius 2 is 1.55 bits per heavy atom. The maximum atomic E-state index is 12.6. The molecule has 0 amide bonds. The van der Waals surface area contributed by atoms with Crippen LogP contribution in [-0.4, -0.2) is 18.7 Å². The minimum atomic E-state index is -4.38. The van der Waals surface area contributed by atoms with E-state index in [9.17, 15) is 18.0 Å². The number of halogens is 3. The van der Waals surface area contributed by atoms with Crippen LogP contribution in [0.3, 0.4) is 0 Å². The standard InChI is InChI=1S/C22H23F3O4/c1-3-4-15-27-21(26)14-5-16(2)28-18-10-12-20(13-11-18)29-19-8-6-17(7-9-19)22(23,24)25/h5-14,16H,3-4,15H2,1-2H3/b14-5+. The maximum Gasteiger partial charge on any atom is 0.416 e. The Hall–Kier alpha value is -2.96. The number of ether oxygens (including phenoxy) is 3. The molecule has 0 saturated heterocycles. The quantitative estimate of drug-likeness (QED) is 0.283. The van der Waals surface area contributed by atoms with Crippen LogP contribution in [0.5, 0.6) is 17.2 Å². The molecule has 0 heterocycles. The van der Waals surface area contributed by atoms with Gasteiger partial charge >= 0.3 is 12.1 Å². The number of unbranched alkanes of at least 4 members (excludes halogenated alkanes) is 1. The predicted molar refractivity (Wildman–Crippen MR) is 103 cm³/mol. The molecular weight excluding hydrogens is 385 g/mol. The summed E-state index contributed by atoms with van der Waals surface area (Å²) in [4.78, 5) is 11.5. The van der Waals surface area contributed by atoms with Gasteiger partial charge < -0.3 is 14.2 Å². The normalized spacial score (nSPS) is 12.6. The molecule has 1 unspecified atom stereocenters. The monoisotopic (exact) mass is 408 g/mol. The van der Waals surface area contributed by atoms with Gasteiger partial charge in [0.05, 0.1) is 12.2 Å². The highest BCUT2D eigenvalue weighted by molar-refractivity contribution is 5.81. The van der Waals surface area contributed by atoms with Gasteiger partial charge in [-0.3, -0.25) is 0 Å². The molecule has 0 aliphatic heterocycles. The molecule has 0 aliphatic rings. The molecule has 0 fully saturated rings. The van der Waals surface area contributed by atoms with Crippen LogP contribution in [0.1, 0.15) is 32.3 Å². The van der Waals surface area contributed by atoms with E-state index in [0.29, 0.717) is 23.9 Å². The lowest BCUT2D eigenvalue weighted by Crippen LogP contribution is -2.10. The van der Waals surface area contributed by atoms with Gasteiger partial charge in [-0.1, -0.05) is 13.3 Å². The molecule has 0 aromatic heterocycles. The summed E-state index contributed by atoms with van der Waals surface area (Å²) in [5.74, 6) is 0.903. The number of alkyl halides is 3. The predicted octanol–water partition coefficient (Wildman–Crippen LogP) is 6.16. The van der Waals surface area contributed by atoms with Crippen molar-refractivity contribution in [2.75, 3.05) is 6.61 Å². The molecule has 0 spiro atoms. The van der Waals surface area contributed by atoms with Crippen molar-refractivity contribution in [1.29, 1.82) is 0 Å². The molecule has 0 bridgehead atoms. The lowest BCUT2D eigenvalue weighted by molar-refractivity contribution is -0.138. The smallest absolute Gasteiger partial charge is 0.416 e. The van der Waals surface area contributed by atoms with Crippen molar-refractivity contribution in [2.45, 2.75) is 39.0 Å². The maximum absolute atomic E-state index is 12.6. The first-order valence-corrected chi connectivity index (χ1v) is 9.24. The number of carbonyl (C=O) groups is 1. The average Bonchev–Trinajstić information content (AvgIpc) is 2.68. The third-order valence-electron chi connectivity index (χ3n) is 3.81. The highest BCUT2D eigenvalue weighted by atomic mass is 19.4. The summed E-state index contributed by atoms with van der Waals surface area (Å²) in [6.45, 7) is 4.19. The third kappa shape index (κ3) is 7.89. The molecule has 4 nitrogen and oxygen atoms in total. The summed E-state index contributed by atoms with van der Waals surface area (Å²) in [6, 6.07) is 11.1. The van der Waals surface area contributed by atoms with Gasteiger partial charge in [0, 0.05) is 6.08 Å². The molecule has 0 N–H and O–H groups in total. The van der Waals surface area contributed by atoms with Gasteiger partial charge in [-0.05, 0) is 68.0 Å². The third-order valence-corrected chi connectivity index (χ3v) is 3.81. The highest BCUT2D eigenvalue weighted by Crippen LogP contribution is 2.31. The minimum Gasteiger partial charge on any atom is -0.487 e. The lowest BCUT2D eigenvalue weighted by atomic mass is 10.2. The zero-order valence-electron chi connectivity index (χ0n) is 16.2. The largest absolute Gasteiger partial charge is 0.487 e. The molecule has 2 rings (SSSR count). The zero-order chi connectivity index (χ0) is 21.3. The summed E-state index contributed by atoms with van der Waals surface area (Å²) >= 11 is 0. The number of rotatable bonds is 9. The Balaban J connectivity index is 1.85. The van der Waals surface area contributed by atoms with Gasteiger partial charge in [-0.15, -0.1) is 0 Å². The fourth-order valence-corrected chi connectivity index (χ4v) is 2.27. The second kappa shape index (κ2) is 10.5. The topological polar surface area (TPSA) is 44.8 Å². The lowest BCUT2D eigenvalue weighted by Gasteiger charge is -2.12. The first-order chi connectivity index (χ1) is 13.8. The molecule has 0 aliphatic carbocycles. The number of hydrogen-bond donors (Lipinski definition) is 0. The van der Waals surface area contributed by atoms with E-state index in [0.717, 1.165) is 25.0 Å². The molecule has 1 atom stereocenters. The van der Waals surface area contributed by atoms with Gasteiger partial charge in [-0.2, -0.15) is 13.2 Å². The van der Waals surface area contributed by atoms with Crippen molar-refractivity contribution in [3.63, 3.8) is 0 Å². The summed E-state index contributed by atoms with van der Waals surface area (Å²) < 4.78 is 54.0. The van der Waals surface area contributed by atoms with Crippen LogP contribution in [-0.2, 0) is 15.7 Å². The molecular formula is C22H23F3O4. The Morgan fingerprint density at radius 3 is 2.10 bits per heavy atom. The first kappa shape index (κ1) is 22.3. The van der Waals surface area contributed by atoms with Crippen molar-refractivity contribution in [3.8, 4) is 17.2 Å². The molecule has 2 aromatic carbocycles. The van der Waals surface area contributed by atoms with Crippen molar-refractivity contribution in [3.05, 3.63) is 66.2 Å². The Bertz CT molecular complexity index is 796. The van der Waals surface area contributed by atoms with E-state index in [1.165, 1.54) is 18.2 Å². The van der Waals surface area contributed by atoms with Crippen LogP contribution < -0.4 is 9.47 Å². The van der Waals surface area contributed by atoms with Crippen LogP contribution in [0, 0.1) is 0 Å². The van der Waals surface area contributed by atoms with E-state index in [1.807, 2.05) is 6.92 Å². The van der Waals surface area contributed by atoms with Crippen LogP contribution in [0.2, 0.25) is 0 Å². The molecule has 0 saturated carbocycles. The number of hydrogen-bond acceptors (Lipinski definition) is 4. The van der Waals surface area contributed by atoms with Gasteiger partial charge in [-0.25, -0.2) is 4.79 Å². The van der Waals surface area contributed by atoms with Crippen molar-refractivity contribution in [1.82, 2.24) is 0 Å². The molecule has 7 heteroatoms. The van der Waals surface area contributed by atoms with Gasteiger partial charge in [0.15, 0.2) is 0 Å². The summed E-state index contributed by atoms with van der Waals surface area (Å²) in [7, 11) is 0. The van der Waals surface area contributed by atoms with Gasteiger partial charge in [0.25, 0.3) is 0 Å². The van der Waals surface area contributed by atoms with E-state index in [1.54, 1.807) is 37.3 Å². The number of benzene rings is 2. The van der Waals surface area contributed by atoms with Crippen LogP contribution in [0.15, 0.2) is 60.7 Å². The fourth-order valence-electron chi connectivity index (χ4n) is 2.27. The Labute approximate surface area is 167 Å². The summed E-state index contributed by atoms with van der Waals surface area (Å²) in [5, 5.41) is 0. The number of esters is 1. The van der Waals surface area contributed by atoms with Crippen molar-refractivity contribution in [2.24, 2.45) is 0 Å². The highest BCUT2D eigenvalue weighted by Gasteiger charge is 2.30. The van der Waals surface area contributed by atoms with Crippen molar-refractivity contribution >= 4 is 5.97 Å². The van der Waals surface area contributed by atoms with E-state index in [-0.39, 0.29) is 6.10 Å². The summed E-state index contributed by atoms with van der Waals surface area (Å²) in [6.07, 6.45) is -0.0183. The molecule has 2 aromatic rings. The van der Waals surface area contributed by atoms with Crippen LogP contribution in [0.4, 0.5) is 13.2 Å². The van der Waals surface area contributed by atoms with E-state index >= 15 is 0 Å². The van der Waals surface area contributed by atoms with Crippen molar-refractivity contribution < 1.29 is 32.2 Å². The Morgan fingerprint density at radius 1 is 1.00 bits per heavy atom. The van der Waals surface area contributed by atoms with E-state index in [4.69, 9.17) is 14.2 Å². The van der Waals surface area contributed by atoms with Gasteiger partial charge in [0.2, 0.25) is 0 Å². The average molecular weight is 408 g/mol. The molecule has 29 heavy (non-hydrogen) atoms. The minimum absolute atomic E-state index is 0.296. The van der Waals surface area contributed by atoms with Crippen LogP contribution in [0.25, 0.3) is 0 Å².